The molecule has 1 rings (SSSR count). The highest BCUT2D eigenvalue weighted by Crippen LogP contribution is 2.33. The Labute approximate surface area is 74.0 Å². The van der Waals surface area contributed by atoms with E-state index in [-0.39, 0.29) is 11.5 Å². The van der Waals surface area contributed by atoms with Crippen molar-refractivity contribution < 1.29 is 0 Å². The molecule has 1 aliphatic carbocycles. The predicted molar refractivity (Wildman–Crippen MR) is 51.0 cm³/mol. The van der Waals surface area contributed by atoms with Gasteiger partial charge in [0.2, 0.25) is 0 Å². The lowest BCUT2D eigenvalue weighted by Gasteiger charge is -2.27. The minimum Gasteiger partial charge on any atom is -0.151 e. The molecule has 0 aromatic rings. The lowest BCUT2D eigenvalue weighted by molar-refractivity contribution is 0.444. The van der Waals surface area contributed by atoms with Crippen LogP contribution >= 0.6 is 0 Å². The lowest BCUT2D eigenvalue weighted by Crippen LogP contribution is -2.16. The number of hydrogen-bond acceptors (Lipinski definition) is 2. The van der Waals surface area contributed by atoms with E-state index in [2.05, 4.69) is 32.0 Å². The van der Waals surface area contributed by atoms with Gasteiger partial charge in [-0.25, -0.2) is 0 Å². The second kappa shape index (κ2) is 3.38. The molecule has 0 saturated carbocycles. The number of rotatable bonds is 1. The van der Waals surface area contributed by atoms with Crippen LogP contribution in [0.25, 0.3) is 0 Å². The van der Waals surface area contributed by atoms with Crippen molar-refractivity contribution in [2.24, 2.45) is 10.6 Å². The maximum atomic E-state index is 10.2. The van der Waals surface area contributed by atoms with E-state index in [1.807, 2.05) is 0 Å². The zero-order valence-electron chi connectivity index (χ0n) is 8.13. The fourth-order valence-electron chi connectivity index (χ4n) is 1.60. The molecule has 0 spiro atoms. The van der Waals surface area contributed by atoms with E-state index in [0.717, 1.165) is 19.3 Å². The third kappa shape index (κ3) is 2.16. The van der Waals surface area contributed by atoms with Crippen LogP contribution in [0.15, 0.2) is 16.8 Å². The molecule has 0 saturated heterocycles. The van der Waals surface area contributed by atoms with Gasteiger partial charge in [-0.15, -0.1) is 0 Å². The highest BCUT2D eigenvalue weighted by molar-refractivity contribution is 5.14. The van der Waals surface area contributed by atoms with Crippen molar-refractivity contribution in [3.8, 4) is 0 Å². The van der Waals surface area contributed by atoms with Gasteiger partial charge in [-0.2, -0.15) is 4.91 Å². The van der Waals surface area contributed by atoms with E-state index in [0.29, 0.717) is 0 Å². The van der Waals surface area contributed by atoms with Crippen LogP contribution in [-0.4, -0.2) is 6.04 Å². The molecular weight excluding hydrogens is 150 g/mol. The van der Waals surface area contributed by atoms with Crippen LogP contribution in [-0.2, 0) is 0 Å². The molecule has 0 N–H and O–H groups in total. The van der Waals surface area contributed by atoms with E-state index >= 15 is 0 Å². The minimum atomic E-state index is 0.0381. The number of allylic oxidation sites excluding steroid dienone is 1. The van der Waals surface area contributed by atoms with Crippen LogP contribution < -0.4 is 0 Å². The van der Waals surface area contributed by atoms with E-state index in [9.17, 15) is 4.91 Å². The summed E-state index contributed by atoms with van der Waals surface area (Å²) >= 11 is 0. The first-order valence-electron chi connectivity index (χ1n) is 4.56. The summed E-state index contributed by atoms with van der Waals surface area (Å²) in [7, 11) is 0. The molecule has 0 fully saturated rings. The first kappa shape index (κ1) is 9.43. The van der Waals surface area contributed by atoms with Crippen molar-refractivity contribution in [2.45, 2.75) is 46.1 Å². The van der Waals surface area contributed by atoms with Crippen molar-refractivity contribution in [3.63, 3.8) is 0 Å². The molecule has 0 aromatic carbocycles. The van der Waals surface area contributed by atoms with Crippen LogP contribution in [0, 0.1) is 10.3 Å². The summed E-state index contributed by atoms with van der Waals surface area (Å²) in [5.74, 6) is 0. The average molecular weight is 167 g/mol. The Morgan fingerprint density at radius 3 is 2.50 bits per heavy atom. The average Bonchev–Trinajstić information content (AvgIpc) is 2.03. The van der Waals surface area contributed by atoms with Crippen LogP contribution in [0.4, 0.5) is 0 Å². The highest BCUT2D eigenvalue weighted by Gasteiger charge is 2.22. The molecule has 1 aliphatic rings. The molecule has 0 aliphatic heterocycles. The fraction of sp³-hybridized carbons (Fsp3) is 0.800. The Balaban J connectivity index is 2.62. The highest BCUT2D eigenvalue weighted by atomic mass is 16.3. The summed E-state index contributed by atoms with van der Waals surface area (Å²) in [6.07, 6.45) is 5.01. The summed E-state index contributed by atoms with van der Waals surface area (Å²) in [6.45, 7) is 6.65. The zero-order chi connectivity index (χ0) is 9.19. The van der Waals surface area contributed by atoms with Crippen LogP contribution in [0.3, 0.4) is 0 Å². The Morgan fingerprint density at radius 2 is 2.17 bits per heavy atom. The largest absolute Gasteiger partial charge is 0.151 e. The van der Waals surface area contributed by atoms with Gasteiger partial charge in [0.15, 0.2) is 0 Å². The first-order chi connectivity index (χ1) is 5.54. The normalized spacial score (nSPS) is 24.9. The standard InChI is InChI=1S/C10H17NO/c1-10(2,3)8-4-6-9(11-12)7-5-8/h4,9H,5-7H2,1-3H3. The van der Waals surface area contributed by atoms with Gasteiger partial charge in [0.1, 0.15) is 0 Å². The zero-order valence-corrected chi connectivity index (χ0v) is 8.13. The SMILES string of the molecule is CC(C)(C)C1=CCC(N=O)CC1. The Hall–Kier alpha value is -0.660. The maximum absolute atomic E-state index is 10.2. The third-order valence-corrected chi connectivity index (χ3v) is 2.50. The molecule has 0 amide bonds. The molecule has 68 valence electrons. The molecule has 12 heavy (non-hydrogen) atoms. The Bertz CT molecular complexity index is 200. The van der Waals surface area contributed by atoms with Gasteiger partial charge in [-0.3, -0.25) is 0 Å². The molecule has 0 bridgehead atoms. The van der Waals surface area contributed by atoms with Crippen molar-refractivity contribution in [1.29, 1.82) is 0 Å². The molecule has 0 aromatic heterocycles. The number of nitrogens with zero attached hydrogens (tertiary/aromatic N) is 1. The van der Waals surface area contributed by atoms with E-state index in [1.54, 1.807) is 0 Å². The van der Waals surface area contributed by atoms with Crippen LogP contribution in [0.1, 0.15) is 40.0 Å². The second-order valence-corrected chi connectivity index (χ2v) is 4.51. The number of nitroso groups, excluding NO2 is 1. The smallest absolute Gasteiger partial charge is 0.0957 e. The fourth-order valence-corrected chi connectivity index (χ4v) is 1.60. The van der Waals surface area contributed by atoms with E-state index in [1.165, 1.54) is 5.57 Å². The van der Waals surface area contributed by atoms with E-state index < -0.39 is 0 Å². The van der Waals surface area contributed by atoms with Gasteiger partial charge in [0.25, 0.3) is 0 Å². The monoisotopic (exact) mass is 167 g/mol. The number of hydrogen-bond donors (Lipinski definition) is 0. The lowest BCUT2D eigenvalue weighted by atomic mass is 9.79. The van der Waals surface area contributed by atoms with Crippen LogP contribution in [0.5, 0.6) is 0 Å². The quantitative estimate of drug-likeness (QED) is 0.435. The van der Waals surface area contributed by atoms with Gasteiger partial charge >= 0.3 is 0 Å². The minimum absolute atomic E-state index is 0.0381. The molecule has 2 heteroatoms. The first-order valence-corrected chi connectivity index (χ1v) is 4.56. The summed E-state index contributed by atoms with van der Waals surface area (Å²) in [6, 6.07) is 0.0381. The van der Waals surface area contributed by atoms with Crippen LogP contribution in [0.2, 0.25) is 0 Å². The van der Waals surface area contributed by atoms with Gasteiger partial charge in [0, 0.05) is 0 Å². The topological polar surface area (TPSA) is 29.4 Å². The van der Waals surface area contributed by atoms with Gasteiger partial charge in [-0.1, -0.05) is 37.6 Å². The van der Waals surface area contributed by atoms with Gasteiger partial charge in [0.05, 0.1) is 6.04 Å². The van der Waals surface area contributed by atoms with Gasteiger partial charge < -0.3 is 0 Å². The van der Waals surface area contributed by atoms with Gasteiger partial charge in [-0.05, 0) is 24.7 Å². The summed E-state index contributed by atoms with van der Waals surface area (Å²) in [5, 5.41) is 3.07. The molecule has 2 nitrogen and oxygen atoms in total. The molecule has 0 radical (unpaired) electrons. The molecule has 1 unspecified atom stereocenters. The molecule has 0 heterocycles. The summed E-state index contributed by atoms with van der Waals surface area (Å²) in [4.78, 5) is 10.2. The van der Waals surface area contributed by atoms with Crippen molar-refractivity contribution >= 4 is 0 Å². The third-order valence-electron chi connectivity index (χ3n) is 2.50. The maximum Gasteiger partial charge on any atom is 0.0957 e. The summed E-state index contributed by atoms with van der Waals surface area (Å²) in [5.41, 5.74) is 1.75. The predicted octanol–water partition coefficient (Wildman–Crippen LogP) is 3.28. The Morgan fingerprint density at radius 1 is 1.50 bits per heavy atom. The van der Waals surface area contributed by atoms with Crippen molar-refractivity contribution in [2.75, 3.05) is 0 Å². The molecular formula is C10H17NO. The molecule has 1 atom stereocenters. The summed E-state index contributed by atoms with van der Waals surface area (Å²) < 4.78 is 0. The second-order valence-electron chi connectivity index (χ2n) is 4.51. The van der Waals surface area contributed by atoms with Crippen molar-refractivity contribution in [3.05, 3.63) is 16.6 Å². The Kier molecular flexibility index (Phi) is 2.65. The van der Waals surface area contributed by atoms with E-state index in [4.69, 9.17) is 0 Å². The van der Waals surface area contributed by atoms with Crippen molar-refractivity contribution in [1.82, 2.24) is 0 Å².